The lowest BCUT2D eigenvalue weighted by Gasteiger charge is -2.46. The lowest BCUT2D eigenvalue weighted by atomic mass is 9.72. The number of rotatable bonds is 11. The second-order valence-corrected chi connectivity index (χ2v) is 12.9. The molecule has 2 heterocycles. The molecular formula is C35H57N5O7. The van der Waals surface area contributed by atoms with Crippen molar-refractivity contribution in [3.63, 3.8) is 0 Å². The number of hydrogen-bond acceptors (Lipinski definition) is 9. The van der Waals surface area contributed by atoms with Crippen LogP contribution in [0.15, 0.2) is 40.8 Å². The minimum atomic E-state index is -0.751. The molecule has 0 bridgehead atoms. The molecule has 3 amide bonds. The number of furan rings is 1. The van der Waals surface area contributed by atoms with Crippen LogP contribution in [0.4, 0.5) is 0 Å². The van der Waals surface area contributed by atoms with E-state index in [4.69, 9.17) is 9.62 Å². The quantitative estimate of drug-likeness (QED) is 0.192. The van der Waals surface area contributed by atoms with Gasteiger partial charge in [-0.2, -0.15) is 4.94 Å². The van der Waals surface area contributed by atoms with Crippen molar-refractivity contribution in [2.75, 3.05) is 13.1 Å². The van der Waals surface area contributed by atoms with Gasteiger partial charge in [0.25, 0.3) is 0 Å². The minimum Gasteiger partial charge on any atom is -0.456 e. The molecule has 47 heavy (non-hydrogen) atoms. The molecule has 2 fully saturated rings. The first-order valence-corrected chi connectivity index (χ1v) is 16.9. The number of piperidine rings is 1. The predicted octanol–water partition coefficient (Wildman–Crippen LogP) is 4.37. The lowest BCUT2D eigenvalue weighted by molar-refractivity contribution is -0.161. The van der Waals surface area contributed by atoms with Crippen LogP contribution in [-0.2, 0) is 20.9 Å². The van der Waals surface area contributed by atoms with Crippen LogP contribution < -0.4 is 21.8 Å². The zero-order chi connectivity index (χ0) is 34.9. The Bertz CT molecular complexity index is 1200. The van der Waals surface area contributed by atoms with Gasteiger partial charge in [-0.1, -0.05) is 75.5 Å². The Morgan fingerprint density at radius 1 is 1.04 bits per heavy atom. The van der Waals surface area contributed by atoms with Crippen molar-refractivity contribution in [2.45, 2.75) is 118 Å². The Kier molecular flexibility index (Phi) is 17.7. The highest BCUT2D eigenvalue weighted by Crippen LogP contribution is 2.38. The van der Waals surface area contributed by atoms with Gasteiger partial charge >= 0.3 is 5.91 Å². The summed E-state index contributed by atoms with van der Waals surface area (Å²) < 4.78 is 5.07. The number of hydrogen-bond donors (Lipinski definition) is 6. The maximum absolute atomic E-state index is 13.0. The van der Waals surface area contributed by atoms with Gasteiger partial charge in [-0.3, -0.25) is 24.5 Å². The van der Waals surface area contributed by atoms with Crippen molar-refractivity contribution < 1.29 is 34.1 Å². The monoisotopic (exact) mass is 659 g/mol. The summed E-state index contributed by atoms with van der Waals surface area (Å²) in [6.07, 6.45) is 6.83. The van der Waals surface area contributed by atoms with Crippen LogP contribution in [0.5, 0.6) is 0 Å². The number of β-amino-alcohol motifs (C(OH)–C–C–N with tert-alkyl or cyclic N) is 1. The summed E-state index contributed by atoms with van der Waals surface area (Å²) in [4.78, 5) is 42.1. The van der Waals surface area contributed by atoms with Gasteiger partial charge in [-0.25, -0.2) is 5.48 Å². The molecule has 2 aromatic rings. The summed E-state index contributed by atoms with van der Waals surface area (Å²) >= 11 is 0. The molecule has 0 spiro atoms. The number of amides is 3. The number of aryl methyl sites for hydroxylation is 2. The van der Waals surface area contributed by atoms with Crippen LogP contribution >= 0.6 is 0 Å². The van der Waals surface area contributed by atoms with E-state index in [-0.39, 0.29) is 29.7 Å². The van der Waals surface area contributed by atoms with Crippen molar-refractivity contribution in [1.29, 1.82) is 0 Å². The predicted molar refractivity (Wildman–Crippen MR) is 180 cm³/mol. The van der Waals surface area contributed by atoms with Gasteiger partial charge in [0.2, 0.25) is 11.8 Å². The van der Waals surface area contributed by atoms with Crippen LogP contribution in [0.3, 0.4) is 0 Å². The normalized spacial score (nSPS) is 20.3. The highest BCUT2D eigenvalue weighted by Gasteiger charge is 2.41. The second kappa shape index (κ2) is 20.8. The fraction of sp³-hybridized carbons (Fsp3) is 0.629. The molecule has 1 aromatic heterocycles. The number of carbonyl (C=O) groups is 3. The molecule has 12 nitrogen and oxygen atoms in total. The lowest BCUT2D eigenvalue weighted by Crippen LogP contribution is -2.59. The van der Waals surface area contributed by atoms with Gasteiger partial charge in [-0.05, 0) is 76.0 Å². The van der Waals surface area contributed by atoms with E-state index in [1.54, 1.807) is 13.0 Å². The summed E-state index contributed by atoms with van der Waals surface area (Å²) in [6, 6.07) is 11.0. The smallest absolute Gasteiger partial charge is 0.312 e. The fourth-order valence-corrected chi connectivity index (χ4v) is 6.14. The Morgan fingerprint density at radius 2 is 1.68 bits per heavy atom. The van der Waals surface area contributed by atoms with Gasteiger partial charge in [0.05, 0.1) is 18.2 Å². The number of nitrogens with one attached hydrogen (secondary N) is 4. The fourth-order valence-electron chi connectivity index (χ4n) is 6.14. The molecule has 1 aliphatic heterocycles. The Balaban J connectivity index is 0.000000398. The average molecular weight is 660 g/mol. The largest absolute Gasteiger partial charge is 0.456 e. The SMILES string of the molecule is CC(=O)NC(Cc1ccccc1)C(O)CN1CC2CCCCC2CC1C(=O)NC(C)C.CCC.Cc1cc(C(=O)NONO)oc1C. The summed E-state index contributed by atoms with van der Waals surface area (Å²) in [5.41, 5.74) is 5.16. The number of likely N-dealkylation sites (tertiary alicyclic amines) is 1. The second-order valence-electron chi connectivity index (χ2n) is 12.9. The molecule has 4 rings (SSSR count). The van der Waals surface area contributed by atoms with E-state index in [1.807, 2.05) is 56.6 Å². The number of aliphatic hydroxyl groups excluding tert-OH is 1. The number of hydroxylamine groups is 1. The van der Waals surface area contributed by atoms with Crippen LogP contribution in [-0.4, -0.2) is 70.3 Å². The topological polar surface area (TPSA) is 165 Å². The Morgan fingerprint density at radius 3 is 2.23 bits per heavy atom. The zero-order valence-electron chi connectivity index (χ0n) is 29.2. The molecule has 12 heteroatoms. The van der Waals surface area contributed by atoms with Crippen LogP contribution in [0, 0.1) is 25.7 Å². The summed E-state index contributed by atoms with van der Waals surface area (Å²) in [7, 11) is 0. The van der Waals surface area contributed by atoms with E-state index in [0.29, 0.717) is 30.6 Å². The number of benzene rings is 1. The van der Waals surface area contributed by atoms with Gasteiger partial charge in [0.1, 0.15) is 5.76 Å². The van der Waals surface area contributed by atoms with Crippen LogP contribution in [0.2, 0.25) is 0 Å². The van der Waals surface area contributed by atoms with E-state index in [9.17, 15) is 19.5 Å². The maximum Gasteiger partial charge on any atom is 0.312 e. The molecule has 264 valence electrons. The third kappa shape index (κ3) is 13.8. The van der Waals surface area contributed by atoms with Crippen molar-refractivity contribution in [2.24, 2.45) is 11.8 Å². The molecule has 1 aromatic carbocycles. The summed E-state index contributed by atoms with van der Waals surface area (Å²) in [6.45, 7) is 14.5. The molecule has 1 saturated heterocycles. The van der Waals surface area contributed by atoms with E-state index in [0.717, 1.165) is 24.1 Å². The maximum atomic E-state index is 13.0. The first kappa shape index (κ1) is 39.9. The van der Waals surface area contributed by atoms with Gasteiger partial charge in [0.15, 0.2) is 5.76 Å². The van der Waals surface area contributed by atoms with Gasteiger partial charge in [-0.15, -0.1) is 0 Å². The number of aliphatic hydroxyl groups is 1. The number of carbonyl (C=O) groups excluding carboxylic acids is 3. The van der Waals surface area contributed by atoms with E-state index in [1.165, 1.54) is 44.7 Å². The highest BCUT2D eigenvalue weighted by atomic mass is 16.9. The first-order chi connectivity index (χ1) is 22.4. The van der Waals surface area contributed by atoms with E-state index >= 15 is 0 Å². The molecule has 6 N–H and O–H groups in total. The third-order valence-electron chi connectivity index (χ3n) is 8.39. The minimum absolute atomic E-state index is 0.0605. The van der Waals surface area contributed by atoms with Crippen molar-refractivity contribution in [3.05, 3.63) is 59.0 Å². The van der Waals surface area contributed by atoms with E-state index in [2.05, 4.69) is 34.3 Å². The first-order valence-electron chi connectivity index (χ1n) is 16.9. The highest BCUT2D eigenvalue weighted by molar-refractivity contribution is 5.90. The number of nitrogens with zero attached hydrogens (tertiary/aromatic N) is 1. The van der Waals surface area contributed by atoms with Crippen molar-refractivity contribution in [3.8, 4) is 0 Å². The molecule has 2 aliphatic rings. The molecule has 1 saturated carbocycles. The molecule has 0 radical (unpaired) electrons. The molecule has 5 atom stereocenters. The van der Waals surface area contributed by atoms with Crippen LogP contribution in [0.1, 0.15) is 101 Å². The molecular weight excluding hydrogens is 602 g/mol. The van der Waals surface area contributed by atoms with Crippen molar-refractivity contribution in [1.82, 2.24) is 26.7 Å². The summed E-state index contributed by atoms with van der Waals surface area (Å²) in [5.74, 6) is 1.33. The summed E-state index contributed by atoms with van der Waals surface area (Å²) in [5, 5.41) is 25.2. The molecule has 5 unspecified atom stereocenters. The van der Waals surface area contributed by atoms with Gasteiger partial charge < -0.3 is 20.2 Å². The van der Waals surface area contributed by atoms with E-state index < -0.39 is 18.1 Å². The van der Waals surface area contributed by atoms with Crippen LogP contribution in [0.25, 0.3) is 0 Å². The van der Waals surface area contributed by atoms with Gasteiger partial charge in [0, 0.05) is 26.1 Å². The Labute approximate surface area is 279 Å². The third-order valence-corrected chi connectivity index (χ3v) is 8.39. The Hall–Kier alpha value is -3.29. The number of fused-ring (bicyclic) bond motifs is 1. The van der Waals surface area contributed by atoms with Crippen molar-refractivity contribution >= 4 is 17.7 Å². The zero-order valence-corrected chi connectivity index (χ0v) is 29.2. The molecule has 1 aliphatic carbocycles. The average Bonchev–Trinajstić information content (AvgIpc) is 3.37. The standard InChI is InChI=1S/C25H39N3O3.C7H10N2O4.C3H8/c1-17(2)26-25(31)23-14-20-11-7-8-12-21(20)15-28(23)16-24(30)22(27-18(3)29)13-19-9-5-4-6-10-19;1-4-3-6(12-5(4)2)7(10)8-13-9-11;1-3-2/h4-6,9-10,17,20-24,30H,7-8,11-16H2,1-3H3,(H,26,31)(H,27,29);3,9,11H,1-2H3,(H,8,10);3H2,1-2H3.